The molecule has 0 heterocycles. The van der Waals surface area contributed by atoms with Crippen molar-refractivity contribution >= 4 is 32.9 Å². The van der Waals surface area contributed by atoms with Crippen LogP contribution in [0.3, 0.4) is 0 Å². The SMILES string of the molecule is C/C=C(/[Se]c1ccccc1)C(=O)[Si](C)(C)C. The Balaban J connectivity index is 2.83. The number of carbonyl (C=O) groups excluding carboxylic acids is 1. The van der Waals surface area contributed by atoms with Gasteiger partial charge in [0.1, 0.15) is 0 Å². The minimum atomic E-state index is -1.69. The van der Waals surface area contributed by atoms with Crippen LogP contribution in [0.1, 0.15) is 6.92 Å². The van der Waals surface area contributed by atoms with Crippen molar-refractivity contribution in [3.8, 4) is 0 Å². The van der Waals surface area contributed by atoms with Crippen molar-refractivity contribution in [3.05, 3.63) is 40.9 Å². The van der Waals surface area contributed by atoms with Crippen molar-refractivity contribution in [2.75, 3.05) is 0 Å². The number of hydrogen-bond acceptors (Lipinski definition) is 1. The monoisotopic (exact) mass is 298 g/mol. The molecule has 1 aromatic rings. The van der Waals surface area contributed by atoms with E-state index in [2.05, 4.69) is 31.8 Å². The standard InChI is InChI=1S/C13H18OSeSi/c1-5-12(13(14)16(2,3)4)15-11-9-7-6-8-10-11/h5-10H,1-4H3/b12-5+. The Morgan fingerprint density at radius 3 is 2.19 bits per heavy atom. The van der Waals surface area contributed by atoms with Crippen molar-refractivity contribution in [2.45, 2.75) is 26.6 Å². The fourth-order valence-electron chi connectivity index (χ4n) is 1.22. The Bertz CT molecular complexity index is 390. The summed E-state index contributed by atoms with van der Waals surface area (Å²) in [5, 5.41) is 0.402. The van der Waals surface area contributed by atoms with Gasteiger partial charge in [0.25, 0.3) is 0 Å². The van der Waals surface area contributed by atoms with Crippen LogP contribution in [-0.2, 0) is 4.79 Å². The molecule has 0 fully saturated rings. The van der Waals surface area contributed by atoms with Crippen molar-refractivity contribution < 1.29 is 4.79 Å². The van der Waals surface area contributed by atoms with Gasteiger partial charge in [-0.05, 0) is 0 Å². The third-order valence-corrected chi connectivity index (χ3v) is 6.59. The number of benzene rings is 1. The Kier molecular flexibility index (Phi) is 4.72. The fraction of sp³-hybridized carbons (Fsp3) is 0.308. The molecule has 3 heteroatoms. The van der Waals surface area contributed by atoms with Gasteiger partial charge in [-0.1, -0.05) is 0 Å². The number of allylic oxidation sites excluding steroid dienone is 2. The van der Waals surface area contributed by atoms with Gasteiger partial charge in [-0.3, -0.25) is 0 Å². The number of hydrogen-bond donors (Lipinski definition) is 0. The van der Waals surface area contributed by atoms with Crippen LogP contribution in [0.4, 0.5) is 0 Å². The summed E-state index contributed by atoms with van der Waals surface area (Å²) in [4.78, 5) is 12.2. The van der Waals surface area contributed by atoms with Crippen LogP contribution in [-0.4, -0.2) is 28.4 Å². The molecule has 86 valence electrons. The van der Waals surface area contributed by atoms with Gasteiger partial charge in [-0.25, -0.2) is 0 Å². The first-order valence-electron chi connectivity index (χ1n) is 5.39. The zero-order valence-electron chi connectivity index (χ0n) is 10.3. The summed E-state index contributed by atoms with van der Waals surface area (Å²) in [6.07, 6.45) is 1.99. The predicted octanol–water partition coefficient (Wildman–Crippen LogP) is 2.37. The van der Waals surface area contributed by atoms with E-state index in [1.807, 2.05) is 31.2 Å². The second kappa shape index (κ2) is 5.62. The molecule has 1 aromatic carbocycles. The molecule has 0 aliphatic rings. The van der Waals surface area contributed by atoms with E-state index in [-0.39, 0.29) is 15.0 Å². The van der Waals surface area contributed by atoms with E-state index < -0.39 is 8.07 Å². The molecule has 0 spiro atoms. The van der Waals surface area contributed by atoms with E-state index in [1.54, 1.807) is 0 Å². The van der Waals surface area contributed by atoms with Gasteiger partial charge in [0.15, 0.2) is 0 Å². The van der Waals surface area contributed by atoms with Gasteiger partial charge in [-0.2, -0.15) is 0 Å². The zero-order chi connectivity index (χ0) is 12.2. The van der Waals surface area contributed by atoms with Crippen LogP contribution >= 0.6 is 0 Å². The molecule has 1 nitrogen and oxygen atoms in total. The molecule has 0 saturated carbocycles. The van der Waals surface area contributed by atoms with Crippen molar-refractivity contribution in [1.29, 1.82) is 0 Å². The molecule has 0 unspecified atom stereocenters. The summed E-state index contributed by atoms with van der Waals surface area (Å²) in [5.41, 5.74) is 0. The van der Waals surface area contributed by atoms with Crippen LogP contribution < -0.4 is 4.46 Å². The van der Waals surface area contributed by atoms with E-state index in [4.69, 9.17) is 0 Å². The summed E-state index contributed by atoms with van der Waals surface area (Å²) in [6, 6.07) is 10.3. The van der Waals surface area contributed by atoms with E-state index >= 15 is 0 Å². The van der Waals surface area contributed by atoms with Gasteiger partial charge in [-0.15, -0.1) is 0 Å². The van der Waals surface area contributed by atoms with E-state index in [9.17, 15) is 4.79 Å². The van der Waals surface area contributed by atoms with Crippen LogP contribution in [0.2, 0.25) is 19.6 Å². The number of rotatable bonds is 4. The van der Waals surface area contributed by atoms with Gasteiger partial charge in [0.05, 0.1) is 0 Å². The van der Waals surface area contributed by atoms with Gasteiger partial charge in [0, 0.05) is 0 Å². The van der Waals surface area contributed by atoms with Gasteiger partial charge in [0.2, 0.25) is 0 Å². The van der Waals surface area contributed by atoms with Crippen molar-refractivity contribution in [1.82, 2.24) is 0 Å². The van der Waals surface area contributed by atoms with Crippen molar-refractivity contribution in [2.24, 2.45) is 0 Å². The second-order valence-corrected chi connectivity index (χ2v) is 11.9. The van der Waals surface area contributed by atoms with E-state index in [0.717, 1.165) is 4.47 Å². The predicted molar refractivity (Wildman–Crippen MR) is 73.9 cm³/mol. The van der Waals surface area contributed by atoms with Crippen molar-refractivity contribution in [3.63, 3.8) is 0 Å². The summed E-state index contributed by atoms with van der Waals surface area (Å²) in [6.45, 7) is 8.30. The quantitative estimate of drug-likeness (QED) is 0.616. The fourth-order valence-corrected chi connectivity index (χ4v) is 5.89. The molecule has 0 amide bonds. The summed E-state index contributed by atoms with van der Waals surface area (Å²) < 4.78 is 2.30. The summed E-state index contributed by atoms with van der Waals surface area (Å²) in [7, 11) is -1.69. The molecular weight excluding hydrogens is 279 g/mol. The average Bonchev–Trinajstić information content (AvgIpc) is 2.25. The third-order valence-electron chi connectivity index (χ3n) is 2.14. The van der Waals surface area contributed by atoms with Crippen LogP contribution in [0, 0.1) is 0 Å². The zero-order valence-corrected chi connectivity index (χ0v) is 13.0. The molecule has 0 N–H and O–H groups in total. The Labute approximate surface area is 105 Å². The molecule has 16 heavy (non-hydrogen) atoms. The molecule has 0 aliphatic heterocycles. The Morgan fingerprint density at radius 1 is 1.19 bits per heavy atom. The molecular formula is C13H18OSeSi. The first-order valence-corrected chi connectivity index (χ1v) is 10.6. The molecule has 1 rings (SSSR count). The molecule has 0 aliphatic carbocycles. The minimum absolute atomic E-state index is 0.160. The normalized spacial score (nSPS) is 12.6. The average molecular weight is 297 g/mol. The maximum absolute atomic E-state index is 12.2. The first-order chi connectivity index (χ1) is 7.45. The molecule has 0 bridgehead atoms. The molecule has 0 atom stereocenters. The number of carbonyl (C=O) groups is 1. The van der Waals surface area contributed by atoms with E-state index in [0.29, 0.717) is 5.41 Å². The Morgan fingerprint density at radius 2 is 1.75 bits per heavy atom. The van der Waals surface area contributed by atoms with Gasteiger partial charge >= 0.3 is 105 Å². The molecule has 0 saturated heterocycles. The third kappa shape index (κ3) is 3.74. The second-order valence-electron chi connectivity index (χ2n) is 4.65. The van der Waals surface area contributed by atoms with Crippen LogP contribution in [0.5, 0.6) is 0 Å². The van der Waals surface area contributed by atoms with E-state index in [1.165, 1.54) is 4.46 Å². The van der Waals surface area contributed by atoms with Gasteiger partial charge < -0.3 is 0 Å². The van der Waals surface area contributed by atoms with Crippen LogP contribution in [0.15, 0.2) is 40.9 Å². The molecule has 0 aromatic heterocycles. The summed E-state index contributed by atoms with van der Waals surface area (Å²) in [5.74, 6) is 0. The maximum atomic E-state index is 12.2. The Hall–Kier alpha value is -0.634. The van der Waals surface area contributed by atoms with Crippen LogP contribution in [0.25, 0.3) is 0 Å². The topological polar surface area (TPSA) is 17.1 Å². The molecule has 0 radical (unpaired) electrons. The summed E-state index contributed by atoms with van der Waals surface area (Å²) >= 11 is 0.160. The first kappa shape index (κ1) is 13.4.